The number of aliphatic carboxylic acids is 2. The van der Waals surface area contributed by atoms with Gasteiger partial charge in [0.1, 0.15) is 0 Å². The van der Waals surface area contributed by atoms with Crippen molar-refractivity contribution in [2.45, 2.75) is 90.9 Å². The summed E-state index contributed by atoms with van der Waals surface area (Å²) in [6.45, 7) is 3.44. The van der Waals surface area contributed by atoms with Crippen molar-refractivity contribution >= 4 is 11.9 Å². The van der Waals surface area contributed by atoms with Gasteiger partial charge in [-0.25, -0.2) is 0 Å². The minimum Gasteiger partial charge on any atom is -0.504 e. The smallest absolute Gasteiger partial charge is 0.309 e. The number of hydrogen-bond donors (Lipinski definition) is 5. The van der Waals surface area contributed by atoms with Gasteiger partial charge in [-0.1, -0.05) is 25.7 Å². The van der Waals surface area contributed by atoms with Crippen LogP contribution in [0, 0.1) is 10.8 Å². The molecular formula is C24H36O7. The van der Waals surface area contributed by atoms with E-state index in [-0.39, 0.29) is 11.5 Å². The molecule has 0 radical (unpaired) electrons. The predicted octanol–water partition coefficient (Wildman–Crippen LogP) is 4.98. The van der Waals surface area contributed by atoms with Crippen LogP contribution in [0.4, 0.5) is 0 Å². The summed E-state index contributed by atoms with van der Waals surface area (Å²) in [6, 6.07) is 1.72. The quantitative estimate of drug-likeness (QED) is 0.205. The van der Waals surface area contributed by atoms with E-state index in [9.17, 15) is 30.0 Å². The van der Waals surface area contributed by atoms with Crippen LogP contribution in [-0.2, 0) is 22.4 Å². The highest BCUT2D eigenvalue weighted by molar-refractivity contribution is 5.77. The summed E-state index contributed by atoms with van der Waals surface area (Å²) in [6.07, 6.45) is 8.55. The summed E-state index contributed by atoms with van der Waals surface area (Å²) >= 11 is 0. The maximum atomic E-state index is 11.2. The molecule has 1 aromatic carbocycles. The molecule has 174 valence electrons. The second-order valence-corrected chi connectivity index (χ2v) is 9.64. The molecule has 0 heterocycles. The molecule has 0 aliphatic heterocycles. The van der Waals surface area contributed by atoms with Crippen molar-refractivity contribution in [3.63, 3.8) is 0 Å². The molecule has 1 aliphatic carbocycles. The highest BCUT2D eigenvalue weighted by atomic mass is 16.4. The molecule has 1 aliphatic rings. The van der Waals surface area contributed by atoms with Crippen LogP contribution in [0.5, 0.6) is 17.2 Å². The van der Waals surface area contributed by atoms with Gasteiger partial charge in [0.15, 0.2) is 11.5 Å². The Morgan fingerprint density at radius 2 is 1.35 bits per heavy atom. The van der Waals surface area contributed by atoms with Crippen molar-refractivity contribution in [1.82, 2.24) is 0 Å². The van der Waals surface area contributed by atoms with Crippen LogP contribution in [0.1, 0.15) is 89.2 Å². The average molecular weight is 437 g/mol. The largest absolute Gasteiger partial charge is 0.504 e. The second-order valence-electron chi connectivity index (χ2n) is 9.64. The lowest BCUT2D eigenvalue weighted by Gasteiger charge is -2.18. The first kappa shape index (κ1) is 24.8. The van der Waals surface area contributed by atoms with Gasteiger partial charge in [0, 0.05) is 0 Å². The van der Waals surface area contributed by atoms with E-state index in [4.69, 9.17) is 5.11 Å². The number of aryl methyl sites for hydroxylation is 2. The fraction of sp³-hybridized carbons (Fsp3) is 0.667. The molecule has 2 rings (SSSR count). The maximum absolute atomic E-state index is 11.2. The number of benzene rings is 1. The van der Waals surface area contributed by atoms with Gasteiger partial charge >= 0.3 is 11.9 Å². The summed E-state index contributed by atoms with van der Waals surface area (Å²) in [4.78, 5) is 22.4. The number of rotatable bonds is 14. The van der Waals surface area contributed by atoms with Crippen LogP contribution in [0.3, 0.4) is 0 Å². The molecule has 0 spiro atoms. The Morgan fingerprint density at radius 1 is 0.839 bits per heavy atom. The van der Waals surface area contributed by atoms with Crippen LogP contribution in [0.2, 0.25) is 0 Å². The van der Waals surface area contributed by atoms with E-state index in [1.54, 1.807) is 19.9 Å². The van der Waals surface area contributed by atoms with Crippen molar-refractivity contribution < 1.29 is 35.1 Å². The molecule has 0 atom stereocenters. The molecule has 1 fully saturated rings. The number of carboxylic acids is 2. The number of carboxylic acid groups (broad SMARTS) is 2. The van der Waals surface area contributed by atoms with Crippen molar-refractivity contribution in [3.8, 4) is 17.2 Å². The predicted molar refractivity (Wildman–Crippen MR) is 117 cm³/mol. The highest BCUT2D eigenvalue weighted by Crippen LogP contribution is 2.50. The van der Waals surface area contributed by atoms with Gasteiger partial charge in [0.2, 0.25) is 5.75 Å². The first-order valence-electron chi connectivity index (χ1n) is 11.2. The van der Waals surface area contributed by atoms with Crippen molar-refractivity contribution in [3.05, 3.63) is 17.2 Å². The van der Waals surface area contributed by atoms with Crippen LogP contribution in [0.25, 0.3) is 0 Å². The van der Waals surface area contributed by atoms with Crippen LogP contribution in [-0.4, -0.2) is 37.5 Å². The standard InChI is InChI=1S/C24H36O7/c1-23(2,21(28)29)11-7-4-3-5-9-16-15-17(19(26)20(27)18(16)25)10-6-8-12-24(13-14-24)22(30)31/h15,25-27H,3-14H2,1-2H3,(H,28,29)(H,30,31). The van der Waals surface area contributed by atoms with E-state index in [0.29, 0.717) is 43.2 Å². The molecular weight excluding hydrogens is 400 g/mol. The van der Waals surface area contributed by atoms with Gasteiger partial charge < -0.3 is 25.5 Å². The third-order valence-electron chi connectivity index (χ3n) is 6.64. The lowest BCUT2D eigenvalue weighted by Crippen LogP contribution is -2.23. The van der Waals surface area contributed by atoms with E-state index in [1.807, 2.05) is 0 Å². The Labute approximate surface area is 183 Å². The van der Waals surface area contributed by atoms with Crippen molar-refractivity contribution in [1.29, 1.82) is 0 Å². The number of phenolic OH excluding ortho intramolecular Hbond substituents is 3. The zero-order valence-electron chi connectivity index (χ0n) is 18.6. The fourth-order valence-electron chi connectivity index (χ4n) is 3.99. The first-order chi connectivity index (χ1) is 14.5. The lowest BCUT2D eigenvalue weighted by molar-refractivity contribution is -0.147. The molecule has 7 heteroatoms. The monoisotopic (exact) mass is 436 g/mol. The molecule has 1 aromatic rings. The fourth-order valence-corrected chi connectivity index (χ4v) is 3.99. The second kappa shape index (κ2) is 10.2. The normalized spacial score (nSPS) is 15.0. The Kier molecular flexibility index (Phi) is 8.21. The third kappa shape index (κ3) is 6.52. The van der Waals surface area contributed by atoms with Crippen LogP contribution in [0.15, 0.2) is 6.07 Å². The van der Waals surface area contributed by atoms with Gasteiger partial charge in [-0.05, 0) is 82.4 Å². The highest BCUT2D eigenvalue weighted by Gasteiger charge is 2.49. The van der Waals surface area contributed by atoms with Gasteiger partial charge in [-0.2, -0.15) is 0 Å². The molecule has 0 aromatic heterocycles. The number of hydrogen-bond acceptors (Lipinski definition) is 5. The lowest BCUT2D eigenvalue weighted by atomic mass is 9.87. The summed E-state index contributed by atoms with van der Waals surface area (Å²) in [5.74, 6) is -2.63. The van der Waals surface area contributed by atoms with E-state index in [2.05, 4.69) is 0 Å². The summed E-state index contributed by atoms with van der Waals surface area (Å²) in [5.41, 5.74) is -0.127. The summed E-state index contributed by atoms with van der Waals surface area (Å²) < 4.78 is 0. The van der Waals surface area contributed by atoms with Crippen molar-refractivity contribution in [2.75, 3.05) is 0 Å². The Morgan fingerprint density at radius 3 is 1.84 bits per heavy atom. The van der Waals surface area contributed by atoms with Gasteiger partial charge in [-0.3, -0.25) is 9.59 Å². The van der Waals surface area contributed by atoms with E-state index >= 15 is 0 Å². The minimum atomic E-state index is -0.792. The molecule has 1 saturated carbocycles. The Hall–Kier alpha value is -2.44. The molecule has 0 saturated heterocycles. The zero-order chi connectivity index (χ0) is 23.2. The SMILES string of the molecule is CC(C)(CCCCCCc1cc(CCCCC2(C(=O)O)CC2)c(O)c(O)c1O)C(=O)O. The molecule has 0 bridgehead atoms. The zero-order valence-corrected chi connectivity index (χ0v) is 18.6. The third-order valence-corrected chi connectivity index (χ3v) is 6.64. The van der Waals surface area contributed by atoms with Gasteiger partial charge in [0.05, 0.1) is 10.8 Å². The van der Waals surface area contributed by atoms with E-state index in [0.717, 1.165) is 44.9 Å². The number of unbranched alkanes of at least 4 members (excludes halogenated alkanes) is 4. The van der Waals surface area contributed by atoms with Gasteiger partial charge in [-0.15, -0.1) is 0 Å². The number of phenols is 3. The molecule has 5 N–H and O–H groups in total. The average Bonchev–Trinajstić information content (AvgIpc) is 3.50. The molecule has 31 heavy (non-hydrogen) atoms. The topological polar surface area (TPSA) is 135 Å². The van der Waals surface area contributed by atoms with E-state index in [1.165, 1.54) is 0 Å². The van der Waals surface area contributed by atoms with E-state index < -0.39 is 28.5 Å². The summed E-state index contributed by atoms with van der Waals surface area (Å²) in [7, 11) is 0. The molecule has 0 amide bonds. The van der Waals surface area contributed by atoms with Gasteiger partial charge in [0.25, 0.3) is 0 Å². The van der Waals surface area contributed by atoms with Crippen LogP contribution >= 0.6 is 0 Å². The molecule has 7 nitrogen and oxygen atoms in total. The minimum absolute atomic E-state index is 0.295. The molecule has 0 unspecified atom stereocenters. The number of aromatic hydroxyl groups is 3. The Bertz CT molecular complexity index is 794. The summed E-state index contributed by atoms with van der Waals surface area (Å²) in [5, 5.41) is 48.8. The Balaban J connectivity index is 1.82. The van der Waals surface area contributed by atoms with Crippen molar-refractivity contribution in [2.24, 2.45) is 10.8 Å². The number of carbonyl (C=O) groups is 2. The van der Waals surface area contributed by atoms with Crippen LogP contribution < -0.4 is 0 Å². The maximum Gasteiger partial charge on any atom is 0.309 e. The first-order valence-corrected chi connectivity index (χ1v) is 11.2.